The zero-order valence-corrected chi connectivity index (χ0v) is 9.06. The topological polar surface area (TPSA) is 73.6 Å². The number of esters is 1. The van der Waals surface area contributed by atoms with Crippen LogP contribution >= 0.6 is 0 Å². The molecule has 0 aromatic carbocycles. The number of nitrogens with zero attached hydrogens (tertiary/aromatic N) is 3. The first-order valence-electron chi connectivity index (χ1n) is 4.96. The molecule has 0 bridgehead atoms. The maximum Gasteiger partial charge on any atom is 0.345 e. The van der Waals surface area contributed by atoms with Gasteiger partial charge in [-0.1, -0.05) is 0 Å². The van der Waals surface area contributed by atoms with Crippen LogP contribution in [0, 0.1) is 0 Å². The lowest BCUT2D eigenvalue weighted by atomic mass is 10.3. The molecule has 0 fully saturated rings. The number of aromatic nitrogens is 2. The first-order valence-corrected chi connectivity index (χ1v) is 4.96. The predicted molar refractivity (Wildman–Crippen MR) is 56.7 cm³/mol. The molecule has 0 amide bonds. The Morgan fingerprint density at radius 1 is 1.62 bits per heavy atom. The number of rotatable bonds is 2. The van der Waals surface area contributed by atoms with Crippen molar-refractivity contribution >= 4 is 11.7 Å². The Morgan fingerprint density at radius 3 is 3.06 bits per heavy atom. The number of carbonyl (C=O) groups is 1. The molecule has 0 unspecified atom stereocenters. The van der Waals surface area contributed by atoms with E-state index in [2.05, 4.69) is 10.1 Å². The molecule has 0 atom stereocenters. The summed E-state index contributed by atoms with van der Waals surface area (Å²) in [4.78, 5) is 26.7. The Balaban J connectivity index is 2.45. The molecule has 0 saturated carbocycles. The van der Waals surface area contributed by atoms with E-state index in [-0.39, 0.29) is 12.2 Å². The fourth-order valence-corrected chi connectivity index (χ4v) is 1.48. The van der Waals surface area contributed by atoms with Crippen LogP contribution < -0.4 is 5.56 Å². The smallest absolute Gasteiger partial charge is 0.345 e. The summed E-state index contributed by atoms with van der Waals surface area (Å²) in [6.45, 7) is 3.74. The van der Waals surface area contributed by atoms with Gasteiger partial charge in [-0.3, -0.25) is 4.79 Å². The Morgan fingerprint density at radius 2 is 2.38 bits per heavy atom. The van der Waals surface area contributed by atoms with Crippen LogP contribution in [0.2, 0.25) is 0 Å². The van der Waals surface area contributed by atoms with E-state index in [1.54, 1.807) is 6.92 Å². The highest BCUT2D eigenvalue weighted by Gasteiger charge is 2.19. The van der Waals surface area contributed by atoms with Gasteiger partial charge in [0.1, 0.15) is 11.4 Å². The van der Waals surface area contributed by atoms with Crippen LogP contribution in [0.15, 0.2) is 16.1 Å². The van der Waals surface area contributed by atoms with Gasteiger partial charge in [0.15, 0.2) is 0 Å². The molecule has 1 aromatic heterocycles. The number of hydrogen-bond donors (Lipinski definition) is 0. The first-order chi connectivity index (χ1) is 7.61. The van der Waals surface area contributed by atoms with Crippen molar-refractivity contribution in [3.63, 3.8) is 0 Å². The largest absolute Gasteiger partial charge is 0.462 e. The molecule has 1 aliphatic rings. The summed E-state index contributed by atoms with van der Waals surface area (Å²) in [5.41, 5.74) is 0.214. The van der Waals surface area contributed by atoms with Gasteiger partial charge < -0.3 is 4.74 Å². The second kappa shape index (κ2) is 3.88. The van der Waals surface area contributed by atoms with Gasteiger partial charge in [0, 0.05) is 12.1 Å². The van der Waals surface area contributed by atoms with E-state index in [1.165, 1.54) is 10.9 Å². The Kier molecular flexibility index (Phi) is 2.55. The van der Waals surface area contributed by atoms with Crippen LogP contribution in [0.3, 0.4) is 0 Å². The second-order valence-corrected chi connectivity index (χ2v) is 3.45. The van der Waals surface area contributed by atoms with Gasteiger partial charge in [0.2, 0.25) is 0 Å². The van der Waals surface area contributed by atoms with E-state index >= 15 is 0 Å². The molecule has 2 heterocycles. The molecular formula is C10H11N3O3. The monoisotopic (exact) mass is 221 g/mol. The molecule has 2 rings (SSSR count). The molecule has 0 spiro atoms. The van der Waals surface area contributed by atoms with Crippen molar-refractivity contribution in [1.29, 1.82) is 0 Å². The van der Waals surface area contributed by atoms with Gasteiger partial charge in [-0.05, 0) is 13.8 Å². The summed E-state index contributed by atoms with van der Waals surface area (Å²) in [6.07, 6.45) is 1.91. The summed E-state index contributed by atoms with van der Waals surface area (Å²) < 4.78 is 6.20. The highest BCUT2D eigenvalue weighted by atomic mass is 16.5. The van der Waals surface area contributed by atoms with Crippen molar-refractivity contribution in [3.8, 4) is 0 Å². The van der Waals surface area contributed by atoms with E-state index in [0.29, 0.717) is 12.2 Å². The van der Waals surface area contributed by atoms with Crippen molar-refractivity contribution in [2.75, 3.05) is 6.61 Å². The lowest BCUT2D eigenvalue weighted by molar-refractivity contribution is 0.0523. The van der Waals surface area contributed by atoms with Crippen molar-refractivity contribution in [2.45, 2.75) is 20.3 Å². The van der Waals surface area contributed by atoms with Crippen LogP contribution in [0.1, 0.15) is 30.0 Å². The summed E-state index contributed by atoms with van der Waals surface area (Å²) in [5, 5.41) is 4.12. The van der Waals surface area contributed by atoms with Crippen LogP contribution in [0.5, 0.6) is 0 Å². The maximum atomic E-state index is 11.5. The quantitative estimate of drug-likeness (QED) is 0.669. The molecule has 0 aliphatic carbocycles. The van der Waals surface area contributed by atoms with Gasteiger partial charge in [-0.2, -0.15) is 10.1 Å². The molecule has 1 aliphatic heterocycles. The molecule has 0 radical (unpaired) electrons. The van der Waals surface area contributed by atoms with Crippen LogP contribution in [-0.4, -0.2) is 27.9 Å². The third-order valence-corrected chi connectivity index (χ3v) is 2.16. The lowest BCUT2D eigenvalue weighted by Gasteiger charge is -2.03. The van der Waals surface area contributed by atoms with Crippen molar-refractivity contribution < 1.29 is 9.53 Å². The van der Waals surface area contributed by atoms with E-state index in [0.717, 1.165) is 5.71 Å². The highest BCUT2D eigenvalue weighted by molar-refractivity contribution is 5.89. The fraction of sp³-hybridized carbons (Fsp3) is 0.400. The zero-order chi connectivity index (χ0) is 11.7. The number of fused-ring (bicyclic) bond motifs is 1. The Hall–Kier alpha value is -1.98. The summed E-state index contributed by atoms with van der Waals surface area (Å²) in [7, 11) is 0. The van der Waals surface area contributed by atoms with E-state index < -0.39 is 11.5 Å². The molecule has 0 N–H and O–H groups in total. The van der Waals surface area contributed by atoms with Crippen molar-refractivity contribution in [1.82, 2.24) is 9.66 Å². The van der Waals surface area contributed by atoms with Crippen molar-refractivity contribution in [2.24, 2.45) is 5.10 Å². The van der Waals surface area contributed by atoms with Crippen molar-refractivity contribution in [3.05, 3.63) is 27.9 Å². The third kappa shape index (κ3) is 1.73. The first kappa shape index (κ1) is 10.5. The Labute approximate surface area is 91.6 Å². The van der Waals surface area contributed by atoms with Gasteiger partial charge in [0.05, 0.1) is 12.8 Å². The number of hydrogen-bond acceptors (Lipinski definition) is 5. The summed E-state index contributed by atoms with van der Waals surface area (Å²) in [6, 6.07) is 0. The SMILES string of the molecule is CCOC(=O)c1cn2c(nc1=O)CC(C)=N2. The van der Waals surface area contributed by atoms with Crippen LogP contribution in [0.4, 0.5) is 0 Å². The van der Waals surface area contributed by atoms with Gasteiger partial charge >= 0.3 is 5.97 Å². The summed E-state index contributed by atoms with van der Waals surface area (Å²) in [5.74, 6) is -0.106. The van der Waals surface area contributed by atoms with Gasteiger partial charge in [-0.15, -0.1) is 0 Å². The van der Waals surface area contributed by atoms with Crippen LogP contribution in [-0.2, 0) is 11.2 Å². The molecule has 16 heavy (non-hydrogen) atoms. The van der Waals surface area contributed by atoms with Gasteiger partial charge in [-0.25, -0.2) is 9.47 Å². The predicted octanol–water partition coefficient (Wildman–Crippen LogP) is 0.200. The van der Waals surface area contributed by atoms with E-state index in [4.69, 9.17) is 4.74 Å². The summed E-state index contributed by atoms with van der Waals surface area (Å²) >= 11 is 0. The van der Waals surface area contributed by atoms with E-state index in [9.17, 15) is 9.59 Å². The normalized spacial score (nSPS) is 13.2. The second-order valence-electron chi connectivity index (χ2n) is 3.45. The molecule has 84 valence electrons. The number of ether oxygens (including phenoxy) is 1. The van der Waals surface area contributed by atoms with Crippen LogP contribution in [0.25, 0.3) is 0 Å². The maximum absolute atomic E-state index is 11.5. The molecule has 6 heteroatoms. The third-order valence-electron chi connectivity index (χ3n) is 2.16. The molecular weight excluding hydrogens is 210 g/mol. The Bertz CT molecular complexity index is 531. The highest BCUT2D eigenvalue weighted by Crippen LogP contribution is 2.07. The minimum absolute atomic E-state index is 0.0796. The molecule has 1 aromatic rings. The fourth-order valence-electron chi connectivity index (χ4n) is 1.48. The molecule has 0 saturated heterocycles. The van der Waals surface area contributed by atoms with Gasteiger partial charge in [0.25, 0.3) is 5.56 Å². The van der Waals surface area contributed by atoms with E-state index in [1.807, 2.05) is 6.92 Å². The standard InChI is InChI=1S/C10H11N3O3/c1-3-16-10(15)7-5-13-8(11-9(7)14)4-6(2)12-13/h5H,3-4H2,1-2H3. The minimum atomic E-state index is -0.657. The zero-order valence-electron chi connectivity index (χ0n) is 9.06. The average Bonchev–Trinajstić information content (AvgIpc) is 2.56. The lowest BCUT2D eigenvalue weighted by Crippen LogP contribution is -2.23. The number of carbonyl (C=O) groups excluding carboxylic acids is 1. The molecule has 6 nitrogen and oxygen atoms in total. The average molecular weight is 221 g/mol. The minimum Gasteiger partial charge on any atom is -0.462 e.